The Kier molecular flexibility index (Phi) is 4.16. The van der Waals surface area contributed by atoms with Gasteiger partial charge in [-0.1, -0.05) is 6.92 Å². The van der Waals surface area contributed by atoms with E-state index >= 15 is 0 Å². The predicted molar refractivity (Wildman–Crippen MR) is 80.0 cm³/mol. The van der Waals surface area contributed by atoms with Gasteiger partial charge in [-0.05, 0) is 54.1 Å². The smallest absolute Gasteiger partial charge is 0.335 e. The largest absolute Gasteiger partial charge is 0.478 e. The van der Waals surface area contributed by atoms with Crippen molar-refractivity contribution in [2.75, 3.05) is 32.1 Å². The van der Waals surface area contributed by atoms with Crippen LogP contribution in [-0.2, 0) is 0 Å². The molecular formula is C14H19BrN2O2. The third-order valence-electron chi connectivity index (χ3n) is 3.77. The molecule has 1 aromatic carbocycles. The summed E-state index contributed by atoms with van der Waals surface area (Å²) in [7, 11) is 4.21. The van der Waals surface area contributed by atoms with Crippen molar-refractivity contribution in [3.8, 4) is 0 Å². The standard InChI is InChI=1S/C14H19BrN2O2/c1-9-7-17(8-13(9)16(2)3)12-5-4-10(14(18)19)6-11(12)15/h4-6,9,13H,7-8H2,1-3H3,(H,18,19). The lowest BCUT2D eigenvalue weighted by Crippen LogP contribution is -2.34. The summed E-state index contributed by atoms with van der Waals surface area (Å²) in [5, 5.41) is 8.98. The molecule has 0 spiro atoms. The lowest BCUT2D eigenvalue weighted by molar-refractivity contribution is 0.0697. The summed E-state index contributed by atoms with van der Waals surface area (Å²) in [5.74, 6) is -0.297. The number of rotatable bonds is 3. The minimum atomic E-state index is -0.895. The van der Waals surface area contributed by atoms with Crippen molar-refractivity contribution in [1.82, 2.24) is 4.90 Å². The van der Waals surface area contributed by atoms with E-state index in [-0.39, 0.29) is 0 Å². The van der Waals surface area contributed by atoms with Gasteiger partial charge in [-0.2, -0.15) is 0 Å². The fourth-order valence-electron chi connectivity index (χ4n) is 2.71. The maximum Gasteiger partial charge on any atom is 0.335 e. The number of carboxylic acid groups (broad SMARTS) is 1. The Morgan fingerprint density at radius 1 is 1.42 bits per heavy atom. The third kappa shape index (κ3) is 2.92. The summed E-state index contributed by atoms with van der Waals surface area (Å²) >= 11 is 3.48. The number of carboxylic acids is 1. The number of carbonyl (C=O) groups is 1. The van der Waals surface area contributed by atoms with E-state index in [1.54, 1.807) is 12.1 Å². The van der Waals surface area contributed by atoms with Gasteiger partial charge in [-0.15, -0.1) is 0 Å². The molecule has 1 fully saturated rings. The van der Waals surface area contributed by atoms with Crippen molar-refractivity contribution in [3.63, 3.8) is 0 Å². The summed E-state index contributed by atoms with van der Waals surface area (Å²) in [4.78, 5) is 15.5. The number of hydrogen-bond donors (Lipinski definition) is 1. The molecule has 0 aromatic heterocycles. The number of anilines is 1. The lowest BCUT2D eigenvalue weighted by Gasteiger charge is -2.23. The minimum absolute atomic E-state index is 0.312. The molecule has 1 N–H and O–H groups in total. The van der Waals surface area contributed by atoms with Crippen LogP contribution in [0.25, 0.3) is 0 Å². The second-order valence-corrected chi connectivity index (χ2v) is 6.24. The van der Waals surface area contributed by atoms with Gasteiger partial charge in [0, 0.05) is 23.6 Å². The third-order valence-corrected chi connectivity index (χ3v) is 4.41. The number of nitrogens with zero attached hydrogens (tertiary/aromatic N) is 2. The Labute approximate surface area is 122 Å². The Bertz CT molecular complexity index is 490. The first-order valence-corrected chi connectivity index (χ1v) is 7.13. The zero-order chi connectivity index (χ0) is 14.2. The summed E-state index contributed by atoms with van der Waals surface area (Å²) in [6.45, 7) is 4.22. The molecule has 2 rings (SSSR count). The Balaban J connectivity index is 2.22. The molecule has 5 heteroatoms. The van der Waals surface area contributed by atoms with Gasteiger partial charge >= 0.3 is 5.97 Å². The maximum absolute atomic E-state index is 10.9. The van der Waals surface area contributed by atoms with Gasteiger partial charge in [-0.3, -0.25) is 0 Å². The van der Waals surface area contributed by atoms with Crippen molar-refractivity contribution in [3.05, 3.63) is 28.2 Å². The van der Waals surface area contributed by atoms with Gasteiger partial charge in [0.25, 0.3) is 0 Å². The molecule has 19 heavy (non-hydrogen) atoms. The summed E-state index contributed by atoms with van der Waals surface area (Å²) in [6.07, 6.45) is 0. The monoisotopic (exact) mass is 326 g/mol. The van der Waals surface area contributed by atoms with E-state index in [0.29, 0.717) is 17.5 Å². The van der Waals surface area contributed by atoms with Crippen molar-refractivity contribution < 1.29 is 9.90 Å². The van der Waals surface area contributed by atoms with E-state index < -0.39 is 5.97 Å². The first kappa shape index (κ1) is 14.3. The molecule has 0 aliphatic carbocycles. The minimum Gasteiger partial charge on any atom is -0.478 e. The van der Waals surface area contributed by atoms with Gasteiger partial charge in [0.15, 0.2) is 0 Å². The van der Waals surface area contributed by atoms with Crippen LogP contribution in [0.5, 0.6) is 0 Å². The van der Waals surface area contributed by atoms with Gasteiger partial charge in [0.05, 0.1) is 11.3 Å². The van der Waals surface area contributed by atoms with E-state index in [9.17, 15) is 4.79 Å². The van der Waals surface area contributed by atoms with Gasteiger partial charge in [0.2, 0.25) is 0 Å². The molecule has 104 valence electrons. The van der Waals surface area contributed by atoms with E-state index in [1.807, 2.05) is 6.07 Å². The molecule has 0 radical (unpaired) electrons. The predicted octanol–water partition coefficient (Wildman–Crippen LogP) is 2.53. The average Bonchev–Trinajstić information content (AvgIpc) is 2.71. The first-order valence-electron chi connectivity index (χ1n) is 6.34. The van der Waals surface area contributed by atoms with Crippen molar-refractivity contribution >= 4 is 27.6 Å². The fraction of sp³-hybridized carbons (Fsp3) is 0.500. The molecule has 4 nitrogen and oxygen atoms in total. The molecule has 1 aliphatic heterocycles. The normalized spacial score (nSPS) is 23.1. The van der Waals surface area contributed by atoms with E-state index in [1.165, 1.54) is 0 Å². The first-order chi connectivity index (χ1) is 8.90. The van der Waals surface area contributed by atoms with Gasteiger partial charge in [0.1, 0.15) is 0 Å². The van der Waals surface area contributed by atoms with Crippen LogP contribution in [0.3, 0.4) is 0 Å². The van der Waals surface area contributed by atoms with Gasteiger partial charge in [-0.25, -0.2) is 4.79 Å². The number of benzene rings is 1. The highest BCUT2D eigenvalue weighted by Gasteiger charge is 2.31. The highest BCUT2D eigenvalue weighted by molar-refractivity contribution is 9.10. The molecule has 2 atom stereocenters. The van der Waals surface area contributed by atoms with E-state index in [4.69, 9.17) is 5.11 Å². The van der Waals surface area contributed by atoms with Crippen molar-refractivity contribution in [2.24, 2.45) is 5.92 Å². The highest BCUT2D eigenvalue weighted by Crippen LogP contribution is 2.32. The molecule has 0 amide bonds. The number of hydrogen-bond acceptors (Lipinski definition) is 3. The number of aromatic carboxylic acids is 1. The van der Waals surface area contributed by atoms with Crippen LogP contribution in [0, 0.1) is 5.92 Å². The van der Waals surface area contributed by atoms with Crippen LogP contribution in [0.2, 0.25) is 0 Å². The number of halogens is 1. The second kappa shape index (κ2) is 5.51. The van der Waals surface area contributed by atoms with Crippen LogP contribution in [-0.4, -0.2) is 49.2 Å². The molecular weight excluding hydrogens is 308 g/mol. The SMILES string of the molecule is CC1CN(c2ccc(C(=O)O)cc2Br)CC1N(C)C. The number of likely N-dealkylation sites (N-methyl/N-ethyl adjacent to an activating group) is 1. The van der Waals surface area contributed by atoms with Crippen LogP contribution in [0.15, 0.2) is 22.7 Å². The summed E-state index contributed by atoms with van der Waals surface area (Å²) < 4.78 is 0.846. The quantitative estimate of drug-likeness (QED) is 0.927. The zero-order valence-electron chi connectivity index (χ0n) is 11.4. The molecule has 0 bridgehead atoms. The van der Waals surface area contributed by atoms with Crippen LogP contribution in [0.4, 0.5) is 5.69 Å². The van der Waals surface area contributed by atoms with Crippen LogP contribution in [0.1, 0.15) is 17.3 Å². The maximum atomic E-state index is 10.9. The van der Waals surface area contributed by atoms with E-state index in [2.05, 4.69) is 46.7 Å². The average molecular weight is 327 g/mol. The summed E-state index contributed by atoms with van der Waals surface area (Å²) in [5.41, 5.74) is 1.38. The van der Waals surface area contributed by atoms with Crippen molar-refractivity contribution in [2.45, 2.75) is 13.0 Å². The molecule has 1 heterocycles. The zero-order valence-corrected chi connectivity index (χ0v) is 13.0. The molecule has 0 saturated carbocycles. The Morgan fingerprint density at radius 2 is 2.11 bits per heavy atom. The molecule has 1 saturated heterocycles. The van der Waals surface area contributed by atoms with Crippen LogP contribution >= 0.6 is 15.9 Å². The van der Waals surface area contributed by atoms with E-state index in [0.717, 1.165) is 23.2 Å². The van der Waals surface area contributed by atoms with Crippen LogP contribution < -0.4 is 4.90 Å². The summed E-state index contributed by atoms with van der Waals surface area (Å²) in [6, 6.07) is 5.76. The molecule has 1 aromatic rings. The van der Waals surface area contributed by atoms with Gasteiger partial charge < -0.3 is 14.9 Å². The highest BCUT2D eigenvalue weighted by atomic mass is 79.9. The topological polar surface area (TPSA) is 43.8 Å². The Hall–Kier alpha value is -1.07. The Morgan fingerprint density at radius 3 is 2.58 bits per heavy atom. The second-order valence-electron chi connectivity index (χ2n) is 5.38. The molecule has 1 aliphatic rings. The fourth-order valence-corrected chi connectivity index (χ4v) is 3.34. The van der Waals surface area contributed by atoms with Crippen molar-refractivity contribution in [1.29, 1.82) is 0 Å². The molecule has 2 unspecified atom stereocenters. The lowest BCUT2D eigenvalue weighted by atomic mass is 10.1.